The molecule has 0 saturated heterocycles. The van der Waals surface area contributed by atoms with Crippen LogP contribution >= 0.6 is 0 Å². The van der Waals surface area contributed by atoms with Gasteiger partial charge in [-0.1, -0.05) is 123 Å². The summed E-state index contributed by atoms with van der Waals surface area (Å²) < 4.78 is 14.1. The van der Waals surface area contributed by atoms with Crippen molar-refractivity contribution < 1.29 is 4.42 Å². The normalized spacial score (nSPS) is 16.1. The van der Waals surface area contributed by atoms with Crippen LogP contribution in [0.3, 0.4) is 0 Å². The number of furan rings is 1. The van der Waals surface area contributed by atoms with Gasteiger partial charge in [0.05, 0.1) is 22.1 Å². The van der Waals surface area contributed by atoms with Crippen LogP contribution in [0.2, 0.25) is 0 Å². The van der Waals surface area contributed by atoms with Crippen LogP contribution in [0.4, 0.5) is 0 Å². The molecule has 7 aromatic carbocycles. The molecule has 0 saturated carbocycles. The quantitative estimate of drug-likeness (QED) is 0.166. The van der Waals surface area contributed by atoms with E-state index in [-0.39, 0.29) is 5.92 Å². The van der Waals surface area contributed by atoms with Gasteiger partial charge in [-0.05, 0) is 113 Å². The smallest absolute Gasteiger partial charge is 0.145 e. The molecule has 14 rings (SSSR count). The van der Waals surface area contributed by atoms with E-state index in [1.54, 1.807) is 0 Å². The molecule has 0 bridgehead atoms. The summed E-state index contributed by atoms with van der Waals surface area (Å²) >= 11 is 0. The lowest BCUT2D eigenvalue weighted by Crippen LogP contribution is -2.11. The number of fused-ring (bicyclic) bond motifs is 15. The average Bonchev–Trinajstić information content (AvgIpc) is 4.12. The van der Waals surface area contributed by atoms with E-state index in [1.165, 1.54) is 99.3 Å². The molecule has 5 aromatic heterocycles. The third-order valence-electron chi connectivity index (χ3n) is 14.6. The summed E-state index contributed by atoms with van der Waals surface area (Å²) in [6.45, 7) is 6.90. The highest BCUT2D eigenvalue weighted by molar-refractivity contribution is 6.18. The van der Waals surface area contributed by atoms with Crippen molar-refractivity contribution in [2.45, 2.75) is 33.6 Å². The van der Waals surface area contributed by atoms with E-state index in [9.17, 15) is 0 Å². The van der Waals surface area contributed by atoms with Crippen LogP contribution in [-0.2, 0) is 12.8 Å². The lowest BCUT2D eigenvalue weighted by molar-refractivity contribution is 0.518. The molecular formula is C60H44N4O. The van der Waals surface area contributed by atoms with Crippen LogP contribution in [0.5, 0.6) is 0 Å². The third-order valence-corrected chi connectivity index (χ3v) is 14.6. The van der Waals surface area contributed by atoms with Crippen LogP contribution < -0.4 is 0 Å². The maximum atomic E-state index is 6.77. The molecule has 5 heteroatoms. The summed E-state index contributed by atoms with van der Waals surface area (Å²) in [5, 5.41) is 8.58. The fraction of sp³-hybridized carbons (Fsp3) is 0.117. The standard InChI is InChI=1S/C60H44N4O/c1-35-20-23-46-45-14-8-11-19-54(45)64(55(46)28-35)41-31-39(30-40(33-41)63-52-17-9-6-12-43(52)44-13-7-10-18-53(44)63)49-34-51-50-32-38(22-25-56(50)65-57(51)29-37(49)3)42-24-21-36(2)59-58(42)47-15-4-5-16-48(47)60-61-26-27-62(59)60/h4-27,30-35,37H,28-29H2,1-3H3. The van der Waals surface area contributed by atoms with Gasteiger partial charge in [-0.25, -0.2) is 4.98 Å². The van der Waals surface area contributed by atoms with Crippen LogP contribution in [0.1, 0.15) is 47.6 Å². The maximum absolute atomic E-state index is 6.77. The fourth-order valence-corrected chi connectivity index (χ4v) is 11.7. The van der Waals surface area contributed by atoms with E-state index < -0.39 is 0 Å². The van der Waals surface area contributed by atoms with Crippen LogP contribution in [0, 0.1) is 18.8 Å². The minimum absolute atomic E-state index is 0.229. The van der Waals surface area contributed by atoms with Crippen molar-refractivity contribution in [1.29, 1.82) is 0 Å². The first kappa shape index (κ1) is 36.6. The van der Waals surface area contributed by atoms with Crippen molar-refractivity contribution in [3.8, 4) is 22.5 Å². The molecular weight excluding hydrogens is 793 g/mol. The molecule has 2 atom stereocenters. The summed E-state index contributed by atoms with van der Waals surface area (Å²) in [5.41, 5.74) is 19.2. The van der Waals surface area contributed by atoms with E-state index in [4.69, 9.17) is 9.40 Å². The summed E-state index contributed by atoms with van der Waals surface area (Å²) in [5.74, 6) is 1.73. The second-order valence-corrected chi connectivity index (χ2v) is 18.5. The Hall–Kier alpha value is -7.89. The predicted octanol–water partition coefficient (Wildman–Crippen LogP) is 15.3. The molecule has 2 unspecified atom stereocenters. The van der Waals surface area contributed by atoms with Gasteiger partial charge in [0.15, 0.2) is 0 Å². The lowest BCUT2D eigenvalue weighted by Gasteiger charge is -2.24. The lowest BCUT2D eigenvalue weighted by atomic mass is 9.83. The van der Waals surface area contributed by atoms with Gasteiger partial charge >= 0.3 is 0 Å². The molecule has 5 heterocycles. The van der Waals surface area contributed by atoms with Gasteiger partial charge in [-0.2, -0.15) is 0 Å². The van der Waals surface area contributed by atoms with E-state index >= 15 is 0 Å². The second kappa shape index (κ2) is 13.6. The molecule has 0 fully saturated rings. The summed E-state index contributed by atoms with van der Waals surface area (Å²) in [6, 6.07) is 54.0. The Kier molecular flexibility index (Phi) is 7.63. The highest BCUT2D eigenvalue weighted by atomic mass is 16.3. The monoisotopic (exact) mass is 836 g/mol. The van der Waals surface area contributed by atoms with Crippen molar-refractivity contribution in [3.05, 3.63) is 198 Å². The van der Waals surface area contributed by atoms with Crippen LogP contribution in [0.15, 0.2) is 168 Å². The van der Waals surface area contributed by atoms with Gasteiger partial charge in [0, 0.05) is 79.3 Å². The Morgan fingerprint density at radius 2 is 1.28 bits per heavy atom. The van der Waals surface area contributed by atoms with Gasteiger partial charge in [-0.15, -0.1) is 0 Å². The van der Waals surface area contributed by atoms with Crippen LogP contribution in [-0.4, -0.2) is 18.5 Å². The van der Waals surface area contributed by atoms with Gasteiger partial charge < -0.3 is 13.6 Å². The van der Waals surface area contributed by atoms with E-state index in [2.05, 4.69) is 204 Å². The van der Waals surface area contributed by atoms with Gasteiger partial charge in [0.2, 0.25) is 0 Å². The number of hydrogen-bond donors (Lipinski definition) is 0. The summed E-state index contributed by atoms with van der Waals surface area (Å²) in [4.78, 5) is 4.80. The molecule has 5 nitrogen and oxygen atoms in total. The number of benzene rings is 7. The number of allylic oxidation sites excluding steroid dienone is 2. The Morgan fingerprint density at radius 1 is 0.600 bits per heavy atom. The average molecular weight is 837 g/mol. The number of nitrogens with zero attached hydrogens (tertiary/aromatic N) is 4. The molecule has 0 N–H and O–H groups in total. The Balaban J connectivity index is 1.01. The molecule has 0 spiro atoms. The first-order valence-electron chi connectivity index (χ1n) is 23.0. The minimum Gasteiger partial charge on any atom is -0.460 e. The van der Waals surface area contributed by atoms with Gasteiger partial charge in [-0.3, -0.25) is 4.40 Å². The highest BCUT2D eigenvalue weighted by Gasteiger charge is 2.28. The zero-order valence-electron chi connectivity index (χ0n) is 36.5. The van der Waals surface area contributed by atoms with Gasteiger partial charge in [0.25, 0.3) is 0 Å². The summed E-state index contributed by atoms with van der Waals surface area (Å²) in [6.07, 6.45) is 13.0. The molecule has 12 aromatic rings. The number of para-hydroxylation sites is 3. The number of pyridine rings is 1. The number of aryl methyl sites for hydroxylation is 1. The number of aromatic nitrogens is 4. The molecule has 65 heavy (non-hydrogen) atoms. The Morgan fingerprint density at radius 3 is 2.05 bits per heavy atom. The third kappa shape index (κ3) is 5.24. The number of rotatable bonds is 4. The topological polar surface area (TPSA) is 40.3 Å². The maximum Gasteiger partial charge on any atom is 0.145 e. The fourth-order valence-electron chi connectivity index (χ4n) is 11.7. The minimum atomic E-state index is 0.229. The SMILES string of the molecule is Cc1ccc(-c2ccc3oc4c(c3c2)C=C(c2cc(-n3c5c(c6ccccc63)C=CC(C)C5)cc(-n3c5ccccc5c5ccccc53)c2)C(C)C4)c2c3ccccc3c3nccn3c12. The van der Waals surface area contributed by atoms with E-state index in [1.807, 2.05) is 6.20 Å². The Bertz CT molecular complexity index is 4020. The van der Waals surface area contributed by atoms with Crippen molar-refractivity contribution >= 4 is 88.7 Å². The molecule has 2 aliphatic rings. The molecule has 0 aliphatic heterocycles. The number of hydrogen-bond acceptors (Lipinski definition) is 2. The Labute approximate surface area is 375 Å². The predicted molar refractivity (Wildman–Crippen MR) is 270 cm³/mol. The van der Waals surface area contributed by atoms with Crippen molar-refractivity contribution in [2.75, 3.05) is 0 Å². The van der Waals surface area contributed by atoms with E-state index in [0.29, 0.717) is 5.92 Å². The van der Waals surface area contributed by atoms with Crippen LogP contribution in [0.25, 0.3) is 111 Å². The zero-order valence-corrected chi connectivity index (χ0v) is 36.5. The first-order chi connectivity index (χ1) is 32.0. The largest absolute Gasteiger partial charge is 0.460 e. The number of imidazole rings is 1. The molecule has 310 valence electrons. The van der Waals surface area contributed by atoms with Crippen molar-refractivity contribution in [3.63, 3.8) is 0 Å². The van der Waals surface area contributed by atoms with Gasteiger partial charge in [0.1, 0.15) is 17.0 Å². The summed E-state index contributed by atoms with van der Waals surface area (Å²) in [7, 11) is 0. The molecule has 2 aliphatic carbocycles. The van der Waals surface area contributed by atoms with Crippen molar-refractivity contribution in [2.24, 2.45) is 11.8 Å². The second-order valence-electron chi connectivity index (χ2n) is 18.5. The molecule has 0 amide bonds. The molecule has 0 radical (unpaired) electrons. The van der Waals surface area contributed by atoms with E-state index in [0.717, 1.165) is 46.3 Å². The first-order valence-corrected chi connectivity index (χ1v) is 23.0. The highest BCUT2D eigenvalue weighted by Crippen LogP contribution is 2.45. The van der Waals surface area contributed by atoms with Crippen molar-refractivity contribution in [1.82, 2.24) is 18.5 Å². The zero-order chi connectivity index (χ0) is 43.1.